The van der Waals surface area contributed by atoms with Crippen LogP contribution in [0.25, 0.3) is 11.3 Å². The number of hydrogen-bond acceptors (Lipinski definition) is 5. The molecule has 0 radical (unpaired) electrons. The Morgan fingerprint density at radius 1 is 1.37 bits per heavy atom. The highest BCUT2D eigenvalue weighted by molar-refractivity contribution is 8.03. The predicted molar refractivity (Wildman–Crippen MR) is 80.9 cm³/mol. The van der Waals surface area contributed by atoms with Crippen molar-refractivity contribution in [3.8, 4) is 17.1 Å². The number of aromatic nitrogens is 2. The lowest BCUT2D eigenvalue weighted by Crippen LogP contribution is -2.03. The minimum atomic E-state index is -0.00854. The molecule has 1 unspecified atom stereocenters. The molecule has 1 atom stereocenters. The topological polar surface area (TPSA) is 46.0 Å². The van der Waals surface area contributed by atoms with Gasteiger partial charge in [0.15, 0.2) is 0 Å². The van der Waals surface area contributed by atoms with Gasteiger partial charge in [-0.25, -0.2) is 0 Å². The van der Waals surface area contributed by atoms with E-state index in [1.807, 2.05) is 30.0 Å². The molecule has 0 amide bonds. The van der Waals surface area contributed by atoms with Gasteiger partial charge in [-0.1, -0.05) is 23.7 Å². The van der Waals surface area contributed by atoms with Gasteiger partial charge < -0.3 is 5.11 Å². The zero-order valence-corrected chi connectivity index (χ0v) is 12.3. The van der Waals surface area contributed by atoms with Crippen LogP contribution >= 0.6 is 35.1 Å². The average Bonchev–Trinajstić information content (AvgIpc) is 3.02. The molecule has 0 aliphatic carbocycles. The highest BCUT2D eigenvalue weighted by atomic mass is 35.5. The minimum Gasteiger partial charge on any atom is -0.491 e. The number of halogens is 1. The van der Waals surface area contributed by atoms with Gasteiger partial charge in [-0.05, 0) is 35.9 Å². The summed E-state index contributed by atoms with van der Waals surface area (Å²) in [4.78, 5) is 0. The monoisotopic (exact) mass is 310 g/mol. The standard InChI is InChI=1S/C13H11ClN2OS2/c14-9-3-4-11(12-13(17)16-19-15-12)8(6-9)7-10-2-1-5-18-10/h1,3-6,10H,2,7H2,(H,16,17). The summed E-state index contributed by atoms with van der Waals surface area (Å²) in [5, 5.41) is 13.1. The first-order chi connectivity index (χ1) is 9.24. The van der Waals surface area contributed by atoms with E-state index in [0.717, 1.165) is 35.7 Å². The molecule has 2 aromatic rings. The second-order valence-electron chi connectivity index (χ2n) is 4.31. The molecule has 6 heteroatoms. The Morgan fingerprint density at radius 3 is 2.95 bits per heavy atom. The van der Waals surface area contributed by atoms with E-state index < -0.39 is 0 Å². The van der Waals surface area contributed by atoms with Gasteiger partial charge in [-0.2, -0.15) is 4.37 Å². The van der Waals surface area contributed by atoms with Crippen LogP contribution in [0.15, 0.2) is 29.7 Å². The van der Waals surface area contributed by atoms with Crippen LogP contribution in [0.4, 0.5) is 0 Å². The highest BCUT2D eigenvalue weighted by Crippen LogP contribution is 2.35. The third-order valence-electron chi connectivity index (χ3n) is 3.01. The lowest BCUT2D eigenvalue weighted by atomic mass is 9.99. The molecule has 0 saturated heterocycles. The third-order valence-corrected chi connectivity index (χ3v) is 4.85. The van der Waals surface area contributed by atoms with Crippen molar-refractivity contribution in [1.82, 2.24) is 8.75 Å². The van der Waals surface area contributed by atoms with E-state index in [2.05, 4.69) is 20.2 Å². The molecule has 0 fully saturated rings. The molecule has 2 heterocycles. The van der Waals surface area contributed by atoms with Crippen LogP contribution in [0.2, 0.25) is 5.02 Å². The molecule has 0 spiro atoms. The van der Waals surface area contributed by atoms with Gasteiger partial charge in [-0.15, -0.1) is 16.1 Å². The summed E-state index contributed by atoms with van der Waals surface area (Å²) in [6, 6.07) is 5.68. The van der Waals surface area contributed by atoms with Gasteiger partial charge in [0.25, 0.3) is 5.88 Å². The smallest absolute Gasteiger partial charge is 0.251 e. The van der Waals surface area contributed by atoms with Crippen LogP contribution in [-0.4, -0.2) is 19.1 Å². The molecule has 1 N–H and O–H groups in total. The SMILES string of the molecule is Oc1nsnc1-c1ccc(Cl)cc1CC1CC=CS1. The normalized spacial score (nSPS) is 18.1. The number of thioether (sulfide) groups is 1. The van der Waals surface area contributed by atoms with Gasteiger partial charge in [0, 0.05) is 15.8 Å². The van der Waals surface area contributed by atoms with E-state index in [1.165, 1.54) is 0 Å². The Balaban J connectivity index is 1.97. The number of benzene rings is 1. The van der Waals surface area contributed by atoms with E-state index in [0.29, 0.717) is 16.0 Å². The van der Waals surface area contributed by atoms with Crippen molar-refractivity contribution in [2.24, 2.45) is 0 Å². The summed E-state index contributed by atoms with van der Waals surface area (Å²) in [6.07, 6.45) is 4.16. The number of nitrogens with zero attached hydrogens (tertiary/aromatic N) is 2. The molecule has 0 saturated carbocycles. The maximum absolute atomic E-state index is 9.74. The Labute approximate surface area is 124 Å². The maximum Gasteiger partial charge on any atom is 0.251 e. The van der Waals surface area contributed by atoms with Crippen LogP contribution in [-0.2, 0) is 6.42 Å². The van der Waals surface area contributed by atoms with Crippen molar-refractivity contribution >= 4 is 35.1 Å². The Morgan fingerprint density at radius 2 is 2.26 bits per heavy atom. The second kappa shape index (κ2) is 5.53. The molecule has 1 aromatic carbocycles. The fourth-order valence-electron chi connectivity index (χ4n) is 2.12. The molecule has 3 rings (SSSR count). The van der Waals surface area contributed by atoms with Crippen molar-refractivity contribution in [2.45, 2.75) is 18.1 Å². The number of aromatic hydroxyl groups is 1. The van der Waals surface area contributed by atoms with Gasteiger partial charge >= 0.3 is 0 Å². The second-order valence-corrected chi connectivity index (χ2v) is 6.48. The Bertz CT molecular complexity index is 619. The summed E-state index contributed by atoms with van der Waals surface area (Å²) in [7, 11) is 0. The number of rotatable bonds is 3. The molecule has 1 aromatic heterocycles. The fourth-order valence-corrected chi connectivity index (χ4v) is 3.73. The van der Waals surface area contributed by atoms with E-state index in [9.17, 15) is 5.11 Å². The van der Waals surface area contributed by atoms with Gasteiger partial charge in [0.2, 0.25) is 0 Å². The summed E-state index contributed by atoms with van der Waals surface area (Å²) in [6.45, 7) is 0. The lowest BCUT2D eigenvalue weighted by Gasteiger charge is -2.12. The predicted octanol–water partition coefficient (Wildman–Crippen LogP) is 4.13. The lowest BCUT2D eigenvalue weighted by molar-refractivity contribution is 0.461. The first-order valence-electron chi connectivity index (χ1n) is 5.85. The third kappa shape index (κ3) is 2.78. The van der Waals surface area contributed by atoms with Crippen LogP contribution in [0.3, 0.4) is 0 Å². The van der Waals surface area contributed by atoms with E-state index in [-0.39, 0.29) is 5.88 Å². The van der Waals surface area contributed by atoms with Crippen molar-refractivity contribution in [2.75, 3.05) is 0 Å². The molecule has 1 aliphatic heterocycles. The van der Waals surface area contributed by atoms with E-state index >= 15 is 0 Å². The van der Waals surface area contributed by atoms with Crippen molar-refractivity contribution in [1.29, 1.82) is 0 Å². The van der Waals surface area contributed by atoms with Crippen molar-refractivity contribution in [3.05, 3.63) is 40.3 Å². The molecule has 3 nitrogen and oxygen atoms in total. The molecular formula is C13H11ClN2OS2. The summed E-state index contributed by atoms with van der Waals surface area (Å²) >= 11 is 8.93. The summed E-state index contributed by atoms with van der Waals surface area (Å²) < 4.78 is 7.99. The van der Waals surface area contributed by atoms with Crippen LogP contribution in [0.5, 0.6) is 5.88 Å². The quantitative estimate of drug-likeness (QED) is 0.926. The van der Waals surface area contributed by atoms with Crippen LogP contribution in [0, 0.1) is 0 Å². The zero-order chi connectivity index (χ0) is 13.2. The van der Waals surface area contributed by atoms with E-state index in [1.54, 1.807) is 0 Å². The maximum atomic E-state index is 9.74. The number of hydrogen-bond donors (Lipinski definition) is 1. The summed E-state index contributed by atoms with van der Waals surface area (Å²) in [5.74, 6) is -0.00854. The fraction of sp³-hybridized carbons (Fsp3) is 0.231. The van der Waals surface area contributed by atoms with Crippen molar-refractivity contribution < 1.29 is 5.11 Å². The first-order valence-corrected chi connectivity index (χ1v) is 7.90. The first kappa shape index (κ1) is 13.0. The van der Waals surface area contributed by atoms with Crippen LogP contribution in [0.1, 0.15) is 12.0 Å². The van der Waals surface area contributed by atoms with Gasteiger partial charge in [0.1, 0.15) is 5.69 Å². The number of allylic oxidation sites excluding steroid dienone is 1. The summed E-state index contributed by atoms with van der Waals surface area (Å²) in [5.41, 5.74) is 2.58. The molecule has 1 aliphatic rings. The molecule has 0 bridgehead atoms. The average molecular weight is 311 g/mol. The van der Waals surface area contributed by atoms with Crippen LogP contribution < -0.4 is 0 Å². The Hall–Kier alpha value is -1.04. The minimum absolute atomic E-state index is 0.00854. The molecular weight excluding hydrogens is 300 g/mol. The van der Waals surface area contributed by atoms with Crippen molar-refractivity contribution in [3.63, 3.8) is 0 Å². The highest BCUT2D eigenvalue weighted by Gasteiger charge is 2.18. The Kier molecular flexibility index (Phi) is 3.77. The van der Waals surface area contributed by atoms with Gasteiger partial charge in [-0.3, -0.25) is 0 Å². The molecule has 98 valence electrons. The molecule has 19 heavy (non-hydrogen) atoms. The zero-order valence-electron chi connectivity index (χ0n) is 9.91. The largest absolute Gasteiger partial charge is 0.491 e. The van der Waals surface area contributed by atoms with E-state index in [4.69, 9.17) is 11.6 Å². The van der Waals surface area contributed by atoms with Gasteiger partial charge in [0.05, 0.1) is 11.7 Å².